The molecule has 1 aliphatic heterocycles. The van der Waals surface area contributed by atoms with Crippen LogP contribution in [0.5, 0.6) is 5.75 Å². The van der Waals surface area contributed by atoms with E-state index in [1.807, 2.05) is 24.3 Å². The van der Waals surface area contributed by atoms with Crippen molar-refractivity contribution >= 4 is 40.5 Å². The zero-order valence-electron chi connectivity index (χ0n) is 22.8. The second-order valence-corrected chi connectivity index (χ2v) is 10.4. The number of likely N-dealkylation sites (tertiary alicyclic amines) is 1. The van der Waals surface area contributed by atoms with Gasteiger partial charge in [-0.2, -0.15) is 0 Å². The lowest BCUT2D eigenvalue weighted by molar-refractivity contribution is -0.145. The predicted octanol–water partition coefficient (Wildman–Crippen LogP) is -0.0934. The van der Waals surface area contributed by atoms with Gasteiger partial charge in [0, 0.05) is 30.1 Å². The highest BCUT2D eigenvalue weighted by Crippen LogP contribution is 2.21. The van der Waals surface area contributed by atoms with Crippen LogP contribution in [0.4, 0.5) is 0 Å². The Labute approximate surface area is 241 Å². The Balaban J connectivity index is 1.43. The second kappa shape index (κ2) is 13.2. The zero-order valence-corrected chi connectivity index (χ0v) is 22.8. The Morgan fingerprint density at radius 1 is 1.00 bits per heavy atom. The van der Waals surface area contributed by atoms with Gasteiger partial charge in [-0.25, -0.2) is 4.79 Å². The molecule has 9 N–H and O–H groups in total. The summed E-state index contributed by atoms with van der Waals surface area (Å²) in [7, 11) is 0. The number of aliphatic carboxylic acids is 1. The van der Waals surface area contributed by atoms with Crippen LogP contribution in [0.15, 0.2) is 54.7 Å². The van der Waals surface area contributed by atoms with Crippen LogP contribution in [-0.2, 0) is 36.8 Å². The van der Waals surface area contributed by atoms with E-state index in [9.17, 15) is 34.2 Å². The number of carbonyl (C=O) groups excluding carboxylic acids is 4. The molecule has 1 aliphatic rings. The molecule has 13 heteroatoms. The number of rotatable bonds is 12. The number of primary amides is 1. The van der Waals surface area contributed by atoms with Crippen molar-refractivity contribution in [2.24, 2.45) is 11.5 Å². The Kier molecular flexibility index (Phi) is 9.42. The van der Waals surface area contributed by atoms with Gasteiger partial charge in [0.1, 0.15) is 23.9 Å². The fourth-order valence-electron chi connectivity index (χ4n) is 5.15. The number of carbonyl (C=O) groups is 5. The summed E-state index contributed by atoms with van der Waals surface area (Å²) in [6.07, 6.45) is 2.09. The van der Waals surface area contributed by atoms with Gasteiger partial charge in [-0.3, -0.25) is 19.2 Å². The maximum absolute atomic E-state index is 13.5. The number of aromatic nitrogens is 1. The summed E-state index contributed by atoms with van der Waals surface area (Å²) in [5.41, 5.74) is 13.8. The van der Waals surface area contributed by atoms with Crippen LogP contribution in [0, 0.1) is 0 Å². The first-order valence-corrected chi connectivity index (χ1v) is 13.5. The van der Waals surface area contributed by atoms with E-state index in [1.54, 1.807) is 18.3 Å². The molecule has 1 saturated heterocycles. The molecule has 222 valence electrons. The van der Waals surface area contributed by atoms with Crippen LogP contribution in [0.25, 0.3) is 10.9 Å². The first-order valence-electron chi connectivity index (χ1n) is 13.5. The molecule has 13 nitrogen and oxygen atoms in total. The first kappa shape index (κ1) is 30.1. The SMILES string of the molecule is NC(=O)CC(NC(=O)C(N)Cc1c[nH]c2ccccc12)C(=O)N1CCCC1C(=O)NC(Cc1ccc(O)cc1)C(=O)O. The number of carboxylic acids is 1. The topological polar surface area (TPSA) is 221 Å². The average molecular weight is 579 g/mol. The van der Waals surface area contributed by atoms with Gasteiger partial charge in [-0.15, -0.1) is 0 Å². The van der Waals surface area contributed by atoms with Gasteiger partial charge in [0.05, 0.1) is 12.5 Å². The lowest BCUT2D eigenvalue weighted by atomic mass is 10.0. The summed E-state index contributed by atoms with van der Waals surface area (Å²) in [5.74, 6) is -4.11. The highest BCUT2D eigenvalue weighted by Gasteiger charge is 2.39. The van der Waals surface area contributed by atoms with Gasteiger partial charge in [-0.05, 0) is 48.6 Å². The number of carboxylic acid groups (broad SMARTS) is 1. The number of hydrogen-bond acceptors (Lipinski definition) is 7. The van der Waals surface area contributed by atoms with E-state index < -0.39 is 60.2 Å². The fraction of sp³-hybridized carbons (Fsp3) is 0.345. The number of nitrogens with one attached hydrogen (secondary N) is 3. The largest absolute Gasteiger partial charge is 0.508 e. The summed E-state index contributed by atoms with van der Waals surface area (Å²) < 4.78 is 0. The summed E-state index contributed by atoms with van der Waals surface area (Å²) in [5, 5.41) is 25.1. The number of phenols is 1. The van der Waals surface area contributed by atoms with E-state index in [2.05, 4.69) is 15.6 Å². The van der Waals surface area contributed by atoms with Gasteiger partial charge in [0.25, 0.3) is 0 Å². The molecule has 4 atom stereocenters. The molecule has 2 aromatic carbocycles. The molecule has 4 unspecified atom stereocenters. The Morgan fingerprint density at radius 3 is 2.40 bits per heavy atom. The third kappa shape index (κ3) is 7.23. The zero-order chi connectivity index (χ0) is 30.4. The van der Waals surface area contributed by atoms with Crippen LogP contribution < -0.4 is 22.1 Å². The predicted molar refractivity (Wildman–Crippen MR) is 152 cm³/mol. The van der Waals surface area contributed by atoms with Crippen LogP contribution in [0.2, 0.25) is 0 Å². The second-order valence-electron chi connectivity index (χ2n) is 10.4. The number of fused-ring (bicyclic) bond motifs is 1. The molecule has 42 heavy (non-hydrogen) atoms. The summed E-state index contributed by atoms with van der Waals surface area (Å²) in [4.78, 5) is 67.8. The Hall–Kier alpha value is -4.91. The van der Waals surface area contributed by atoms with E-state index in [-0.39, 0.29) is 31.6 Å². The molecule has 2 heterocycles. The van der Waals surface area contributed by atoms with Crippen molar-refractivity contribution in [3.05, 3.63) is 65.9 Å². The van der Waals surface area contributed by atoms with E-state index in [0.717, 1.165) is 16.5 Å². The quantitative estimate of drug-likeness (QED) is 0.153. The highest BCUT2D eigenvalue weighted by molar-refractivity contribution is 5.96. The fourth-order valence-corrected chi connectivity index (χ4v) is 5.15. The van der Waals surface area contributed by atoms with Crippen molar-refractivity contribution in [1.29, 1.82) is 0 Å². The van der Waals surface area contributed by atoms with Crippen molar-refractivity contribution < 1.29 is 34.2 Å². The third-order valence-electron chi connectivity index (χ3n) is 7.30. The normalized spacial score (nSPS) is 16.9. The van der Waals surface area contributed by atoms with Gasteiger partial charge >= 0.3 is 5.97 Å². The number of H-pyrrole nitrogens is 1. The van der Waals surface area contributed by atoms with E-state index in [0.29, 0.717) is 12.0 Å². The highest BCUT2D eigenvalue weighted by atomic mass is 16.4. The van der Waals surface area contributed by atoms with Gasteiger partial charge < -0.3 is 42.2 Å². The lowest BCUT2D eigenvalue weighted by Gasteiger charge is -2.29. The number of amides is 4. The number of aromatic hydroxyl groups is 1. The number of phenolic OH excluding ortho intramolecular Hbond substituents is 1. The number of hydrogen-bond donors (Lipinski definition) is 7. The minimum atomic E-state index is -1.36. The maximum atomic E-state index is 13.5. The molecule has 4 amide bonds. The molecule has 0 radical (unpaired) electrons. The Morgan fingerprint density at radius 2 is 1.71 bits per heavy atom. The molecule has 3 aromatic rings. The Bertz CT molecular complexity index is 1470. The van der Waals surface area contributed by atoms with Crippen LogP contribution in [0.3, 0.4) is 0 Å². The number of para-hydroxylation sites is 1. The average Bonchev–Trinajstić information content (AvgIpc) is 3.60. The van der Waals surface area contributed by atoms with Crippen LogP contribution in [-0.4, -0.2) is 80.4 Å². The summed E-state index contributed by atoms with van der Waals surface area (Å²) >= 11 is 0. The van der Waals surface area contributed by atoms with Gasteiger partial charge in [0.15, 0.2) is 0 Å². The number of benzene rings is 2. The number of aromatic amines is 1. The number of nitrogens with zero attached hydrogens (tertiary/aromatic N) is 1. The summed E-state index contributed by atoms with van der Waals surface area (Å²) in [6.45, 7) is 0.166. The van der Waals surface area contributed by atoms with E-state index >= 15 is 0 Å². The maximum Gasteiger partial charge on any atom is 0.326 e. The van der Waals surface area contributed by atoms with Crippen molar-refractivity contribution in [3.63, 3.8) is 0 Å². The van der Waals surface area contributed by atoms with Gasteiger partial charge in [0.2, 0.25) is 23.6 Å². The standard InChI is InChI=1S/C29H34N6O7/c30-20(13-17-15-32-21-5-2-1-4-19(17)21)26(38)33-22(14-25(31)37)28(40)35-11-3-6-24(35)27(39)34-23(29(41)42)12-16-7-9-18(36)10-8-16/h1-2,4-5,7-10,15,20,22-24,32,36H,3,6,11-14,30H2,(H2,31,37)(H,33,38)(H,34,39)(H,41,42). The van der Waals surface area contributed by atoms with E-state index in [1.165, 1.54) is 17.0 Å². The molecule has 4 rings (SSSR count). The van der Waals surface area contributed by atoms with Crippen molar-refractivity contribution in [2.75, 3.05) is 6.54 Å². The monoisotopic (exact) mass is 578 g/mol. The molecule has 0 aliphatic carbocycles. The molecule has 0 saturated carbocycles. The third-order valence-corrected chi connectivity index (χ3v) is 7.30. The van der Waals surface area contributed by atoms with Crippen molar-refractivity contribution in [3.8, 4) is 5.75 Å². The van der Waals surface area contributed by atoms with Crippen LogP contribution in [0.1, 0.15) is 30.4 Å². The molecule has 0 bridgehead atoms. The summed E-state index contributed by atoms with van der Waals surface area (Å²) in [6, 6.07) is 8.73. The molecule has 1 aromatic heterocycles. The molecule has 0 spiro atoms. The molecule has 1 fully saturated rings. The minimum absolute atomic E-state index is 0.0197. The van der Waals surface area contributed by atoms with Gasteiger partial charge in [-0.1, -0.05) is 30.3 Å². The molecular weight excluding hydrogens is 544 g/mol. The van der Waals surface area contributed by atoms with Crippen molar-refractivity contribution in [2.45, 2.75) is 56.3 Å². The van der Waals surface area contributed by atoms with Crippen LogP contribution >= 0.6 is 0 Å². The first-order chi connectivity index (χ1) is 20.0. The molecular formula is C29H34N6O7. The number of nitrogens with two attached hydrogens (primary N) is 2. The minimum Gasteiger partial charge on any atom is -0.508 e. The van der Waals surface area contributed by atoms with E-state index in [4.69, 9.17) is 11.5 Å². The smallest absolute Gasteiger partial charge is 0.326 e. The van der Waals surface area contributed by atoms with Crippen molar-refractivity contribution in [1.82, 2.24) is 20.5 Å². The lowest BCUT2D eigenvalue weighted by Crippen LogP contribution is -2.57.